The Bertz CT molecular complexity index is 1730. The van der Waals surface area contributed by atoms with Gasteiger partial charge in [-0.05, 0) is 54.6 Å². The number of para-hydroxylation sites is 1. The molecule has 40 heavy (non-hydrogen) atoms. The van der Waals surface area contributed by atoms with Crippen LogP contribution >= 0.6 is 23.2 Å². The van der Waals surface area contributed by atoms with Crippen LogP contribution in [0.1, 0.15) is 29.8 Å². The molecule has 0 unspecified atom stereocenters. The summed E-state index contributed by atoms with van der Waals surface area (Å²) in [5, 5.41) is 25.6. The molecule has 0 bridgehead atoms. The van der Waals surface area contributed by atoms with E-state index >= 15 is 0 Å². The van der Waals surface area contributed by atoms with Gasteiger partial charge in [-0.25, -0.2) is 0 Å². The fourth-order valence-electron chi connectivity index (χ4n) is 4.00. The molecule has 0 radical (unpaired) electrons. The van der Waals surface area contributed by atoms with E-state index in [0.717, 1.165) is 6.07 Å². The van der Waals surface area contributed by atoms with Crippen LogP contribution in [-0.4, -0.2) is 25.5 Å². The zero-order valence-electron chi connectivity index (χ0n) is 21.7. The summed E-state index contributed by atoms with van der Waals surface area (Å²) < 4.78 is 38.5. The fourth-order valence-corrected chi connectivity index (χ4v) is 5.41. The zero-order valence-corrected chi connectivity index (χ0v) is 26.1. The van der Waals surface area contributed by atoms with Gasteiger partial charge in [-0.2, -0.15) is 13.5 Å². The molecule has 0 saturated carbocycles. The van der Waals surface area contributed by atoms with Crippen molar-refractivity contribution in [2.75, 3.05) is 11.9 Å². The Hall–Kier alpha value is -2.70. The SMILES string of the molecule is CCOc1cccc(Cl)c1NC(=O)c1cc2ccccc2c(N=Nc2ccc(S(=O)(=O)O)c(CC)c2Cl)c1[O-].[Na+]. The first kappa shape index (κ1) is 31.8. The molecule has 4 rings (SSSR count). The van der Waals surface area contributed by atoms with Crippen molar-refractivity contribution in [2.45, 2.75) is 25.2 Å². The van der Waals surface area contributed by atoms with Crippen LogP contribution in [0.5, 0.6) is 11.5 Å². The third kappa shape index (κ3) is 6.60. The van der Waals surface area contributed by atoms with Gasteiger partial charge in [-0.15, -0.1) is 5.11 Å². The zero-order chi connectivity index (χ0) is 28.3. The number of nitrogens with zero attached hydrogens (tertiary/aromatic N) is 2. The molecule has 1 amide bonds. The predicted molar refractivity (Wildman–Crippen MR) is 149 cm³/mol. The van der Waals surface area contributed by atoms with Gasteiger partial charge in [0.15, 0.2) is 0 Å². The van der Waals surface area contributed by atoms with Crippen LogP contribution in [0.3, 0.4) is 0 Å². The van der Waals surface area contributed by atoms with Crippen LogP contribution in [-0.2, 0) is 16.5 Å². The van der Waals surface area contributed by atoms with E-state index in [1.807, 2.05) is 0 Å². The molecule has 0 aliphatic heterocycles. The van der Waals surface area contributed by atoms with E-state index in [1.165, 1.54) is 12.1 Å². The van der Waals surface area contributed by atoms with Gasteiger partial charge in [-0.1, -0.05) is 66.2 Å². The molecule has 4 aromatic rings. The molecule has 0 aliphatic carbocycles. The molecule has 13 heteroatoms. The van der Waals surface area contributed by atoms with Crippen LogP contribution in [0.15, 0.2) is 75.8 Å². The molecule has 0 heterocycles. The Morgan fingerprint density at radius 2 is 1.77 bits per heavy atom. The van der Waals surface area contributed by atoms with Gasteiger partial charge in [0.1, 0.15) is 17.1 Å². The minimum absolute atomic E-state index is 0. The second-order valence-electron chi connectivity index (χ2n) is 8.23. The third-order valence-corrected chi connectivity index (χ3v) is 7.48. The first-order valence-corrected chi connectivity index (χ1v) is 13.9. The number of fused-ring (bicyclic) bond motifs is 1. The predicted octanol–water partition coefficient (Wildman–Crippen LogP) is 4.10. The molecule has 0 saturated heterocycles. The van der Waals surface area contributed by atoms with Gasteiger partial charge in [-0.3, -0.25) is 9.35 Å². The maximum atomic E-state index is 13.5. The number of carbonyl (C=O) groups is 1. The molecule has 0 aliphatic rings. The van der Waals surface area contributed by atoms with E-state index in [2.05, 4.69) is 15.5 Å². The summed E-state index contributed by atoms with van der Waals surface area (Å²) in [6, 6.07) is 15.6. The van der Waals surface area contributed by atoms with Crippen LogP contribution in [0.4, 0.5) is 17.1 Å². The largest absolute Gasteiger partial charge is 1.00 e. The maximum Gasteiger partial charge on any atom is 1.00 e. The number of amides is 1. The van der Waals surface area contributed by atoms with E-state index in [4.69, 9.17) is 27.9 Å². The summed E-state index contributed by atoms with van der Waals surface area (Å²) in [5.41, 5.74) is 0.138. The number of rotatable bonds is 8. The number of azo groups is 1. The molecule has 0 fully saturated rings. The Balaban J connectivity index is 0.00000441. The molecule has 0 spiro atoms. The van der Waals surface area contributed by atoms with E-state index < -0.39 is 21.8 Å². The molecule has 202 valence electrons. The van der Waals surface area contributed by atoms with E-state index in [1.54, 1.807) is 56.3 Å². The van der Waals surface area contributed by atoms with Crippen molar-refractivity contribution in [2.24, 2.45) is 10.2 Å². The van der Waals surface area contributed by atoms with Crippen LogP contribution in [0.25, 0.3) is 10.8 Å². The number of anilines is 1. The minimum Gasteiger partial charge on any atom is -0.870 e. The molecule has 4 aromatic carbocycles. The van der Waals surface area contributed by atoms with E-state index in [9.17, 15) is 22.9 Å². The summed E-state index contributed by atoms with van der Waals surface area (Å²) in [6.07, 6.45) is 0.189. The van der Waals surface area contributed by atoms with Crippen LogP contribution in [0, 0.1) is 0 Å². The quantitative estimate of drug-likeness (QED) is 0.175. The van der Waals surface area contributed by atoms with Gasteiger partial charge < -0.3 is 15.2 Å². The van der Waals surface area contributed by atoms with Crippen molar-refractivity contribution in [3.8, 4) is 11.5 Å². The first-order chi connectivity index (χ1) is 18.6. The third-order valence-electron chi connectivity index (χ3n) is 5.80. The summed E-state index contributed by atoms with van der Waals surface area (Å²) in [4.78, 5) is 12.9. The maximum absolute atomic E-state index is 13.5. The number of halogens is 2. The monoisotopic (exact) mass is 609 g/mol. The smallest absolute Gasteiger partial charge is 0.870 e. The van der Waals surface area contributed by atoms with Crippen molar-refractivity contribution in [3.05, 3.63) is 81.8 Å². The van der Waals surface area contributed by atoms with Crippen molar-refractivity contribution in [1.82, 2.24) is 0 Å². The molecule has 9 nitrogen and oxygen atoms in total. The topological polar surface area (TPSA) is 140 Å². The second-order valence-corrected chi connectivity index (χ2v) is 10.4. The fraction of sp³-hybridized carbons (Fsp3) is 0.148. The second kappa shape index (κ2) is 13.3. The number of ether oxygens (including phenoxy) is 1. The average Bonchev–Trinajstić information content (AvgIpc) is 2.89. The van der Waals surface area contributed by atoms with Gasteiger partial charge in [0.2, 0.25) is 0 Å². The molecular weight excluding hydrogens is 588 g/mol. The standard InChI is InChI=1S/C27H23Cl2N3O6S.Na/c1-3-16-22(39(35,36)37)13-12-20(23(16)29)31-32-24-17-9-6-5-8-15(17)14-18(26(24)33)27(34)30-25-19(28)10-7-11-21(25)38-4-2;/h5-14,33H,3-4H2,1-2H3,(H,30,34)(H,35,36,37);/q;+1/p-1. The van der Waals surface area contributed by atoms with E-state index in [0.29, 0.717) is 23.1 Å². The van der Waals surface area contributed by atoms with Crippen molar-refractivity contribution >= 4 is 67.1 Å². The summed E-state index contributed by atoms with van der Waals surface area (Å²) >= 11 is 12.7. The number of hydrogen-bond acceptors (Lipinski definition) is 7. The van der Waals surface area contributed by atoms with Gasteiger partial charge >= 0.3 is 29.6 Å². The summed E-state index contributed by atoms with van der Waals surface area (Å²) in [7, 11) is -4.51. The molecule has 2 N–H and O–H groups in total. The Labute approximate surface area is 263 Å². The molecule has 0 aromatic heterocycles. The van der Waals surface area contributed by atoms with Crippen LogP contribution < -0.4 is 44.7 Å². The van der Waals surface area contributed by atoms with Crippen LogP contribution in [0.2, 0.25) is 10.0 Å². The van der Waals surface area contributed by atoms with Gasteiger partial charge in [0.25, 0.3) is 16.0 Å². The minimum atomic E-state index is -4.51. The summed E-state index contributed by atoms with van der Waals surface area (Å²) in [6.45, 7) is 3.79. The number of benzene rings is 4. The van der Waals surface area contributed by atoms with Crippen molar-refractivity contribution < 1.29 is 57.2 Å². The average molecular weight is 610 g/mol. The molecular formula is C27H22Cl2N3NaO6S. The number of hydrogen-bond donors (Lipinski definition) is 2. The Morgan fingerprint density at radius 3 is 2.45 bits per heavy atom. The van der Waals surface area contributed by atoms with Crippen molar-refractivity contribution in [1.29, 1.82) is 0 Å². The van der Waals surface area contributed by atoms with E-state index in [-0.39, 0.29) is 79.1 Å². The normalized spacial score (nSPS) is 11.4. The summed E-state index contributed by atoms with van der Waals surface area (Å²) in [5.74, 6) is -1.07. The number of carbonyl (C=O) groups excluding carboxylic acids is 1. The van der Waals surface area contributed by atoms with Crippen molar-refractivity contribution in [3.63, 3.8) is 0 Å². The van der Waals surface area contributed by atoms with Gasteiger partial charge in [0, 0.05) is 10.9 Å². The first-order valence-electron chi connectivity index (χ1n) is 11.7. The Kier molecular flexibility index (Phi) is 10.6. The number of nitrogens with one attached hydrogen (secondary N) is 1. The Morgan fingerprint density at radius 1 is 1.05 bits per heavy atom. The van der Waals surface area contributed by atoms with Gasteiger partial charge in [0.05, 0.1) is 27.2 Å². The molecule has 0 atom stereocenters.